The summed E-state index contributed by atoms with van der Waals surface area (Å²) in [5, 5.41) is 0. The summed E-state index contributed by atoms with van der Waals surface area (Å²) < 4.78 is 107. The van der Waals surface area contributed by atoms with Gasteiger partial charge in [0.1, 0.15) is 11.6 Å². The van der Waals surface area contributed by atoms with E-state index >= 15 is 0 Å². The quantitative estimate of drug-likeness (QED) is 0.457. The maximum Gasteiger partial charge on any atom is 0.420 e. The second kappa shape index (κ2) is 7.10. The number of alkyl halides is 6. The molecular weight excluding hydrogens is 426 g/mol. The molecule has 0 atom stereocenters. The Balaban J connectivity index is 2.29. The van der Waals surface area contributed by atoms with Gasteiger partial charge in [0.15, 0.2) is 0 Å². The molecule has 3 rings (SSSR count). The summed E-state index contributed by atoms with van der Waals surface area (Å²) in [6.45, 7) is 0. The summed E-state index contributed by atoms with van der Waals surface area (Å²) in [7, 11) is 0. The highest BCUT2D eigenvalue weighted by Gasteiger charge is 2.70. The van der Waals surface area contributed by atoms with Crippen LogP contribution < -0.4 is 5.73 Å². The summed E-state index contributed by atoms with van der Waals surface area (Å²) in [5.74, 6) is -1.26. The second-order valence-electron chi connectivity index (χ2n) is 6.17. The van der Waals surface area contributed by atoms with Gasteiger partial charge in [-0.2, -0.15) is 26.3 Å². The van der Waals surface area contributed by atoms with Crippen LogP contribution in [0.2, 0.25) is 0 Å². The minimum Gasteiger partial charge on any atom is -0.306 e. The summed E-state index contributed by atoms with van der Waals surface area (Å²) in [4.78, 5) is -1.17. The molecule has 0 aliphatic heterocycles. The number of halogens is 8. The van der Waals surface area contributed by atoms with Crippen LogP contribution >= 0.6 is 11.3 Å². The Hall–Kier alpha value is -2.46. The molecule has 0 aliphatic carbocycles. The molecule has 0 fully saturated rings. The molecule has 0 amide bonds. The number of benzene rings is 2. The Bertz CT molecular complexity index is 924. The van der Waals surface area contributed by atoms with Crippen LogP contribution in [0.3, 0.4) is 0 Å². The molecule has 2 N–H and O–H groups in total. The normalized spacial score (nSPS) is 13.0. The van der Waals surface area contributed by atoms with Crippen molar-refractivity contribution in [2.24, 2.45) is 5.73 Å². The smallest absolute Gasteiger partial charge is 0.306 e. The van der Waals surface area contributed by atoms with Gasteiger partial charge >= 0.3 is 12.4 Å². The zero-order valence-corrected chi connectivity index (χ0v) is 15.0. The third-order valence-corrected chi connectivity index (χ3v) is 5.60. The largest absolute Gasteiger partial charge is 0.420 e. The van der Waals surface area contributed by atoms with E-state index in [1.54, 1.807) is 0 Å². The van der Waals surface area contributed by atoms with Crippen molar-refractivity contribution >= 4 is 11.3 Å². The second-order valence-corrected chi connectivity index (χ2v) is 7.22. The summed E-state index contributed by atoms with van der Waals surface area (Å²) in [5.41, 5.74) is 0.656. The van der Waals surface area contributed by atoms with Crippen LogP contribution in [0.1, 0.15) is 4.88 Å². The zero-order chi connectivity index (χ0) is 21.6. The minimum atomic E-state index is -5.82. The first-order valence-electron chi connectivity index (χ1n) is 7.93. The minimum absolute atomic E-state index is 0.00920. The third-order valence-electron chi connectivity index (χ3n) is 4.28. The van der Waals surface area contributed by atoms with Gasteiger partial charge in [-0.3, -0.25) is 0 Å². The lowest BCUT2D eigenvalue weighted by atomic mass is 9.94. The van der Waals surface area contributed by atoms with E-state index in [-0.39, 0.29) is 32.9 Å². The van der Waals surface area contributed by atoms with Crippen molar-refractivity contribution in [2.45, 2.75) is 17.9 Å². The summed E-state index contributed by atoms with van der Waals surface area (Å²) in [6, 6.07) is 9.64. The molecule has 154 valence electrons. The highest BCUT2D eigenvalue weighted by Crippen LogP contribution is 2.53. The Kier molecular flexibility index (Phi) is 5.20. The van der Waals surface area contributed by atoms with Crippen LogP contribution in [0, 0.1) is 11.6 Å². The van der Waals surface area contributed by atoms with Gasteiger partial charge in [0.2, 0.25) is 5.54 Å². The maximum absolute atomic E-state index is 13.4. The molecule has 1 heterocycles. The van der Waals surface area contributed by atoms with E-state index in [9.17, 15) is 35.1 Å². The van der Waals surface area contributed by atoms with Crippen LogP contribution in [-0.4, -0.2) is 12.4 Å². The van der Waals surface area contributed by atoms with Crippen LogP contribution in [0.15, 0.2) is 54.6 Å². The van der Waals surface area contributed by atoms with Crippen LogP contribution in [0.4, 0.5) is 35.1 Å². The standard InChI is InChI=1S/C19H11F8NS/c20-12-5-1-10(2-6-12)14-9-15(17(28,18(22,23)24)19(25,26)27)29-16(14)11-3-7-13(21)8-4-11/h1-9H,28H2. The lowest BCUT2D eigenvalue weighted by Gasteiger charge is -2.32. The Morgan fingerprint density at radius 3 is 1.48 bits per heavy atom. The Morgan fingerprint density at radius 1 is 0.655 bits per heavy atom. The first-order chi connectivity index (χ1) is 13.3. The van der Waals surface area contributed by atoms with E-state index in [1.807, 2.05) is 0 Å². The number of hydrogen-bond donors (Lipinski definition) is 1. The van der Waals surface area contributed by atoms with Crippen LogP contribution in [0.25, 0.3) is 21.6 Å². The van der Waals surface area contributed by atoms with Crippen molar-refractivity contribution < 1.29 is 35.1 Å². The number of thiophene rings is 1. The summed E-state index contributed by atoms with van der Waals surface area (Å²) in [6.07, 6.45) is -11.6. The van der Waals surface area contributed by atoms with Gasteiger partial charge in [-0.25, -0.2) is 8.78 Å². The average Bonchev–Trinajstić information content (AvgIpc) is 3.06. The molecule has 29 heavy (non-hydrogen) atoms. The van der Waals surface area contributed by atoms with Crippen molar-refractivity contribution in [1.29, 1.82) is 0 Å². The SMILES string of the molecule is NC(c1cc(-c2ccc(F)cc2)c(-c2ccc(F)cc2)s1)(C(F)(F)F)C(F)(F)F. The van der Waals surface area contributed by atoms with E-state index in [0.29, 0.717) is 6.07 Å². The predicted octanol–water partition coefficient (Wildman–Crippen LogP) is 6.64. The van der Waals surface area contributed by atoms with Gasteiger partial charge in [0, 0.05) is 15.3 Å². The highest BCUT2D eigenvalue weighted by molar-refractivity contribution is 7.16. The molecule has 0 unspecified atom stereocenters. The van der Waals surface area contributed by atoms with Crippen molar-refractivity contribution in [3.63, 3.8) is 0 Å². The monoisotopic (exact) mass is 437 g/mol. The Labute approximate surface area is 163 Å². The fourth-order valence-corrected chi connectivity index (χ4v) is 4.01. The summed E-state index contributed by atoms with van der Waals surface area (Å²) >= 11 is 0.197. The molecule has 0 aliphatic rings. The van der Waals surface area contributed by atoms with Gasteiger partial charge in [0.25, 0.3) is 0 Å². The van der Waals surface area contributed by atoms with Crippen molar-refractivity contribution in [3.8, 4) is 21.6 Å². The molecule has 0 spiro atoms. The van der Waals surface area contributed by atoms with Gasteiger partial charge in [-0.1, -0.05) is 24.3 Å². The molecule has 0 saturated heterocycles. The van der Waals surface area contributed by atoms with Gasteiger partial charge in [0.05, 0.1) is 0 Å². The van der Waals surface area contributed by atoms with Gasteiger partial charge in [-0.15, -0.1) is 11.3 Å². The molecule has 1 aromatic heterocycles. The van der Waals surface area contributed by atoms with Crippen molar-refractivity contribution in [3.05, 3.63) is 71.1 Å². The maximum atomic E-state index is 13.4. The average molecular weight is 437 g/mol. The third kappa shape index (κ3) is 3.74. The van der Waals surface area contributed by atoms with Gasteiger partial charge in [-0.05, 0) is 41.5 Å². The molecule has 0 bridgehead atoms. The number of nitrogens with two attached hydrogens (primary N) is 1. The first kappa shape index (κ1) is 21.3. The van der Waals surface area contributed by atoms with E-state index < -0.39 is 34.4 Å². The number of rotatable bonds is 3. The first-order valence-corrected chi connectivity index (χ1v) is 8.75. The fourth-order valence-electron chi connectivity index (χ4n) is 2.69. The predicted molar refractivity (Wildman–Crippen MR) is 93.1 cm³/mol. The molecule has 0 radical (unpaired) electrons. The number of hydrogen-bond acceptors (Lipinski definition) is 2. The molecular formula is C19H11F8NS. The molecule has 0 saturated carbocycles. The molecule has 1 nitrogen and oxygen atoms in total. The van der Waals surface area contributed by atoms with Crippen molar-refractivity contribution in [1.82, 2.24) is 0 Å². The molecule has 3 aromatic rings. The van der Waals surface area contributed by atoms with Gasteiger partial charge < -0.3 is 5.73 Å². The highest BCUT2D eigenvalue weighted by atomic mass is 32.1. The molecule has 10 heteroatoms. The molecule has 2 aromatic carbocycles. The lowest BCUT2D eigenvalue weighted by Crippen LogP contribution is -2.60. The Morgan fingerprint density at radius 2 is 1.07 bits per heavy atom. The van der Waals surface area contributed by atoms with E-state index in [4.69, 9.17) is 5.73 Å². The van der Waals surface area contributed by atoms with E-state index in [0.717, 1.165) is 24.3 Å². The zero-order valence-electron chi connectivity index (χ0n) is 14.2. The topological polar surface area (TPSA) is 26.0 Å². The fraction of sp³-hybridized carbons (Fsp3) is 0.158. The van der Waals surface area contributed by atoms with Crippen molar-refractivity contribution in [2.75, 3.05) is 0 Å². The van der Waals surface area contributed by atoms with Crippen LogP contribution in [-0.2, 0) is 5.54 Å². The van der Waals surface area contributed by atoms with E-state index in [2.05, 4.69) is 0 Å². The van der Waals surface area contributed by atoms with Crippen LogP contribution in [0.5, 0.6) is 0 Å². The lowest BCUT2D eigenvalue weighted by molar-refractivity contribution is -0.300. The van der Waals surface area contributed by atoms with E-state index in [1.165, 1.54) is 24.3 Å².